The molecule has 66 valence electrons. The van der Waals surface area contributed by atoms with Crippen molar-refractivity contribution in [2.24, 2.45) is 0 Å². The van der Waals surface area contributed by atoms with Gasteiger partial charge in [0.2, 0.25) is 0 Å². The third-order valence-electron chi connectivity index (χ3n) is 1.19. The van der Waals surface area contributed by atoms with Crippen molar-refractivity contribution in [3.63, 3.8) is 0 Å². The molecule has 0 aromatic rings. The molecule has 0 spiro atoms. The average molecular weight is 176 g/mol. The summed E-state index contributed by atoms with van der Waals surface area (Å²) in [5, 5.41) is 0. The molecule has 0 aromatic carbocycles. The largest absolute Gasteiger partial charge is 0.432 e. The van der Waals surface area contributed by atoms with E-state index in [0.29, 0.717) is 6.92 Å². The predicted molar refractivity (Wildman–Crippen MR) is 26.5 cm³/mol. The second-order valence-corrected chi connectivity index (χ2v) is 1.99. The summed E-state index contributed by atoms with van der Waals surface area (Å²) in [7, 11) is 0. The minimum atomic E-state index is -5.46. The van der Waals surface area contributed by atoms with Gasteiger partial charge in [-0.2, -0.15) is 13.2 Å². The zero-order valence-corrected chi connectivity index (χ0v) is 5.51. The minimum absolute atomic E-state index is 0.354. The summed E-state index contributed by atoms with van der Waals surface area (Å²) in [5.74, 6) is -1.87. The fourth-order valence-corrected chi connectivity index (χ4v) is 0.369. The molecule has 0 rings (SSSR count). The van der Waals surface area contributed by atoms with E-state index in [1.54, 1.807) is 0 Å². The van der Waals surface area contributed by atoms with Crippen LogP contribution in [0.15, 0.2) is 0 Å². The smallest absolute Gasteiger partial charge is 0.296 e. The van der Waals surface area contributed by atoms with Crippen molar-refractivity contribution in [3.05, 3.63) is 0 Å². The van der Waals surface area contributed by atoms with E-state index in [4.69, 9.17) is 0 Å². The van der Waals surface area contributed by atoms with Gasteiger partial charge >= 0.3 is 6.18 Å². The highest BCUT2D eigenvalue weighted by atomic mass is 19.4. The number of alkyl halides is 5. The van der Waals surface area contributed by atoms with Gasteiger partial charge in [0.1, 0.15) is 6.67 Å². The standard InChI is InChI=1S/C5H5F5O/c1-3(11)4(7,2-6)5(8,9)10/h2H2,1H3. The van der Waals surface area contributed by atoms with E-state index < -0.39 is 24.3 Å². The van der Waals surface area contributed by atoms with Crippen LogP contribution in [0.4, 0.5) is 22.0 Å². The summed E-state index contributed by atoms with van der Waals surface area (Å²) in [6.45, 7) is -2.01. The van der Waals surface area contributed by atoms with Gasteiger partial charge in [-0.1, -0.05) is 0 Å². The van der Waals surface area contributed by atoms with Gasteiger partial charge in [0, 0.05) is 0 Å². The molecule has 0 radical (unpaired) electrons. The van der Waals surface area contributed by atoms with Crippen LogP contribution in [0.25, 0.3) is 0 Å². The Labute approximate surface area is 59.2 Å². The van der Waals surface area contributed by atoms with E-state index in [0.717, 1.165) is 0 Å². The van der Waals surface area contributed by atoms with Crippen LogP contribution in [0.1, 0.15) is 6.92 Å². The maximum absolute atomic E-state index is 12.3. The molecule has 11 heavy (non-hydrogen) atoms. The van der Waals surface area contributed by atoms with Crippen LogP contribution in [0.2, 0.25) is 0 Å². The van der Waals surface area contributed by atoms with Crippen LogP contribution in [-0.4, -0.2) is 24.3 Å². The molecule has 0 aliphatic carbocycles. The van der Waals surface area contributed by atoms with Crippen LogP contribution in [0.5, 0.6) is 0 Å². The third kappa shape index (κ3) is 1.66. The molecule has 0 aliphatic heterocycles. The molecular weight excluding hydrogens is 171 g/mol. The lowest BCUT2D eigenvalue weighted by molar-refractivity contribution is -0.228. The van der Waals surface area contributed by atoms with Gasteiger partial charge in [-0.05, 0) is 6.92 Å². The first kappa shape index (κ1) is 10.3. The Hall–Kier alpha value is -0.680. The molecule has 0 aliphatic rings. The average Bonchev–Trinajstić information content (AvgIpc) is 1.83. The highest BCUT2D eigenvalue weighted by Gasteiger charge is 2.60. The van der Waals surface area contributed by atoms with Crippen LogP contribution in [0, 0.1) is 0 Å². The second-order valence-electron chi connectivity index (χ2n) is 1.99. The molecule has 0 N–H and O–H groups in total. The molecule has 0 bridgehead atoms. The lowest BCUT2D eigenvalue weighted by Crippen LogP contribution is -2.48. The topological polar surface area (TPSA) is 17.1 Å². The first-order chi connectivity index (χ1) is 4.75. The van der Waals surface area contributed by atoms with Crippen LogP contribution in [0.3, 0.4) is 0 Å². The number of ketones is 1. The molecule has 1 atom stereocenters. The molecule has 1 unspecified atom stereocenters. The first-order valence-corrected chi connectivity index (χ1v) is 2.58. The maximum Gasteiger partial charge on any atom is 0.432 e. The van der Waals surface area contributed by atoms with Crippen molar-refractivity contribution >= 4 is 5.78 Å². The predicted octanol–water partition coefficient (Wildman–Crippen LogP) is 1.82. The zero-order chi connectivity index (χ0) is 9.28. The minimum Gasteiger partial charge on any atom is -0.296 e. The Balaban J connectivity index is 4.75. The molecule has 0 saturated heterocycles. The fourth-order valence-electron chi connectivity index (χ4n) is 0.369. The third-order valence-corrected chi connectivity index (χ3v) is 1.19. The van der Waals surface area contributed by atoms with Crippen molar-refractivity contribution < 1.29 is 26.7 Å². The van der Waals surface area contributed by atoms with Crippen molar-refractivity contribution in [2.45, 2.75) is 18.8 Å². The second kappa shape index (κ2) is 2.75. The Morgan fingerprint density at radius 2 is 1.64 bits per heavy atom. The Morgan fingerprint density at radius 1 is 1.27 bits per heavy atom. The first-order valence-electron chi connectivity index (χ1n) is 2.58. The van der Waals surface area contributed by atoms with Crippen LogP contribution < -0.4 is 0 Å². The number of Topliss-reactive ketones (excluding diaryl/α,β-unsaturated/α-hetero) is 1. The normalized spacial score (nSPS) is 17.6. The van der Waals surface area contributed by atoms with Gasteiger partial charge in [0.15, 0.2) is 5.78 Å². The summed E-state index contributed by atoms with van der Waals surface area (Å²) in [4.78, 5) is 10.0. The molecule has 0 heterocycles. The van der Waals surface area contributed by atoms with Crippen molar-refractivity contribution in [1.29, 1.82) is 0 Å². The SMILES string of the molecule is CC(=O)C(F)(CF)C(F)(F)F. The molecule has 0 aromatic heterocycles. The molecule has 6 heteroatoms. The quantitative estimate of drug-likeness (QED) is 0.586. The van der Waals surface area contributed by atoms with Gasteiger partial charge in [0.25, 0.3) is 5.67 Å². The van der Waals surface area contributed by atoms with Gasteiger partial charge in [-0.25, -0.2) is 8.78 Å². The maximum atomic E-state index is 12.3. The Morgan fingerprint density at radius 3 is 1.64 bits per heavy atom. The van der Waals surface area contributed by atoms with E-state index in [1.165, 1.54) is 0 Å². The number of carbonyl (C=O) groups is 1. The van der Waals surface area contributed by atoms with E-state index >= 15 is 0 Å². The number of hydrogen-bond acceptors (Lipinski definition) is 1. The van der Waals surface area contributed by atoms with Gasteiger partial charge in [-0.15, -0.1) is 0 Å². The van der Waals surface area contributed by atoms with Crippen LogP contribution >= 0.6 is 0 Å². The summed E-state index contributed by atoms with van der Waals surface area (Å²) < 4.78 is 58.3. The monoisotopic (exact) mass is 176 g/mol. The zero-order valence-electron chi connectivity index (χ0n) is 5.51. The highest BCUT2D eigenvalue weighted by Crippen LogP contribution is 2.34. The molecule has 0 fully saturated rings. The molecular formula is C5H5F5O. The molecule has 0 saturated carbocycles. The fraction of sp³-hybridized carbons (Fsp3) is 0.800. The number of rotatable bonds is 2. The lowest BCUT2D eigenvalue weighted by Gasteiger charge is -2.21. The highest BCUT2D eigenvalue weighted by molar-refractivity contribution is 5.85. The Bertz CT molecular complexity index is 163. The van der Waals surface area contributed by atoms with Crippen molar-refractivity contribution in [2.75, 3.05) is 6.67 Å². The lowest BCUT2D eigenvalue weighted by atomic mass is 10.0. The summed E-state index contributed by atoms with van der Waals surface area (Å²) in [6.07, 6.45) is -5.46. The number of hydrogen-bond donors (Lipinski definition) is 0. The van der Waals surface area contributed by atoms with Gasteiger partial charge in [0.05, 0.1) is 0 Å². The van der Waals surface area contributed by atoms with Crippen LogP contribution in [-0.2, 0) is 4.79 Å². The van der Waals surface area contributed by atoms with Gasteiger partial charge < -0.3 is 0 Å². The van der Waals surface area contributed by atoms with Crippen molar-refractivity contribution in [3.8, 4) is 0 Å². The van der Waals surface area contributed by atoms with E-state index in [9.17, 15) is 26.7 Å². The van der Waals surface area contributed by atoms with E-state index in [1.807, 2.05) is 0 Å². The number of halogens is 5. The van der Waals surface area contributed by atoms with Gasteiger partial charge in [-0.3, -0.25) is 4.79 Å². The number of carbonyl (C=O) groups excluding carboxylic acids is 1. The summed E-state index contributed by atoms with van der Waals surface area (Å²) >= 11 is 0. The van der Waals surface area contributed by atoms with E-state index in [-0.39, 0.29) is 0 Å². The Kier molecular flexibility index (Phi) is 2.58. The van der Waals surface area contributed by atoms with Crippen molar-refractivity contribution in [1.82, 2.24) is 0 Å². The molecule has 1 nitrogen and oxygen atoms in total. The van der Waals surface area contributed by atoms with E-state index in [2.05, 4.69) is 0 Å². The molecule has 0 amide bonds. The summed E-state index contributed by atoms with van der Waals surface area (Å²) in [6, 6.07) is 0. The summed E-state index contributed by atoms with van der Waals surface area (Å²) in [5.41, 5.74) is -4.33.